The molecule has 2 atom stereocenters. The Kier molecular flexibility index (Phi) is 8.71. The molecule has 0 radical (unpaired) electrons. The Morgan fingerprint density at radius 3 is 2.77 bits per heavy atom. The molecule has 0 unspecified atom stereocenters. The van der Waals surface area contributed by atoms with Gasteiger partial charge in [0.1, 0.15) is 6.61 Å². The van der Waals surface area contributed by atoms with Gasteiger partial charge in [0, 0.05) is 25.1 Å². The van der Waals surface area contributed by atoms with Gasteiger partial charge in [-0.2, -0.15) is 0 Å². The molecule has 1 aromatic heterocycles. The molecule has 1 aliphatic rings. The Morgan fingerprint density at radius 1 is 1.29 bits per heavy atom. The summed E-state index contributed by atoms with van der Waals surface area (Å²) in [6, 6.07) is 9.47. The first-order chi connectivity index (χ1) is 15.1. The standard InChI is InChI=1S/C23H32N2O5S/c1-4-24(13-17(26)15-28-2)14-23(27)25-11-9-22-18(10-12-31-22)19(25)16-30-21-8-6-5-7-20(21)29-3/h5-8,10,12,17,19,26H,4,9,11,13-16H2,1-3H3/t17-,19+/m0/s1. The molecule has 1 amide bonds. The van der Waals surface area contributed by atoms with Crippen LogP contribution in [0.5, 0.6) is 11.5 Å². The normalized spacial score (nSPS) is 16.8. The van der Waals surface area contributed by atoms with Crippen LogP contribution in [0.1, 0.15) is 23.4 Å². The summed E-state index contributed by atoms with van der Waals surface area (Å²) >= 11 is 1.73. The van der Waals surface area contributed by atoms with E-state index in [4.69, 9.17) is 14.2 Å². The molecule has 0 saturated heterocycles. The lowest BCUT2D eigenvalue weighted by Crippen LogP contribution is -2.48. The molecule has 8 heteroatoms. The van der Waals surface area contributed by atoms with Gasteiger partial charge >= 0.3 is 0 Å². The molecule has 0 aliphatic carbocycles. The van der Waals surface area contributed by atoms with Gasteiger partial charge in [0.2, 0.25) is 5.91 Å². The number of benzene rings is 1. The Labute approximate surface area is 188 Å². The maximum Gasteiger partial charge on any atom is 0.237 e. The monoisotopic (exact) mass is 448 g/mol. The van der Waals surface area contributed by atoms with Crippen molar-refractivity contribution in [3.8, 4) is 11.5 Å². The number of amides is 1. The maximum absolute atomic E-state index is 13.3. The number of nitrogens with zero attached hydrogens (tertiary/aromatic N) is 2. The minimum Gasteiger partial charge on any atom is -0.493 e. The highest BCUT2D eigenvalue weighted by atomic mass is 32.1. The number of carbonyl (C=O) groups is 1. The molecule has 2 aromatic rings. The van der Waals surface area contributed by atoms with Crippen LogP contribution in [0.15, 0.2) is 35.7 Å². The smallest absolute Gasteiger partial charge is 0.237 e. The molecule has 1 aromatic carbocycles. The van der Waals surface area contributed by atoms with Gasteiger partial charge in [0.05, 0.1) is 32.4 Å². The van der Waals surface area contributed by atoms with Gasteiger partial charge < -0.3 is 24.2 Å². The van der Waals surface area contributed by atoms with Gasteiger partial charge in [-0.1, -0.05) is 19.1 Å². The summed E-state index contributed by atoms with van der Waals surface area (Å²) in [5.74, 6) is 1.38. The predicted octanol–water partition coefficient (Wildman–Crippen LogP) is 2.59. The summed E-state index contributed by atoms with van der Waals surface area (Å²) in [4.78, 5) is 18.4. The third-order valence-electron chi connectivity index (χ3n) is 5.52. The van der Waals surface area contributed by atoms with Crippen LogP contribution in [0.25, 0.3) is 0 Å². The molecule has 0 saturated carbocycles. The number of para-hydroxylation sites is 2. The number of methoxy groups -OCH3 is 2. The second-order valence-corrected chi connectivity index (χ2v) is 8.55. The van der Waals surface area contributed by atoms with Crippen molar-refractivity contribution in [2.24, 2.45) is 0 Å². The molecule has 0 spiro atoms. The van der Waals surface area contributed by atoms with Crippen molar-refractivity contribution in [1.82, 2.24) is 9.80 Å². The number of hydrogen-bond acceptors (Lipinski definition) is 7. The summed E-state index contributed by atoms with van der Waals surface area (Å²) in [5.41, 5.74) is 1.15. The van der Waals surface area contributed by atoms with Crippen LogP contribution in [0.3, 0.4) is 0 Å². The Bertz CT molecular complexity index is 843. The Hall–Kier alpha value is -2.13. The first-order valence-corrected chi connectivity index (χ1v) is 11.5. The van der Waals surface area contributed by atoms with E-state index in [2.05, 4.69) is 11.4 Å². The number of aliphatic hydroxyl groups excluding tert-OH is 1. The number of carbonyl (C=O) groups excluding carboxylic acids is 1. The zero-order chi connectivity index (χ0) is 22.2. The first kappa shape index (κ1) is 23.5. The van der Waals surface area contributed by atoms with E-state index in [9.17, 15) is 9.90 Å². The molecule has 3 rings (SSSR count). The first-order valence-electron chi connectivity index (χ1n) is 10.6. The summed E-state index contributed by atoms with van der Waals surface area (Å²) in [6.45, 7) is 4.58. The third-order valence-corrected chi connectivity index (χ3v) is 6.51. The van der Waals surface area contributed by atoms with Gasteiger partial charge in [0.15, 0.2) is 11.5 Å². The predicted molar refractivity (Wildman–Crippen MR) is 121 cm³/mol. The summed E-state index contributed by atoms with van der Waals surface area (Å²) < 4.78 is 16.5. The number of ether oxygens (including phenoxy) is 3. The van der Waals surface area contributed by atoms with Crippen LogP contribution in [0.2, 0.25) is 0 Å². The van der Waals surface area contributed by atoms with Crippen LogP contribution in [0, 0.1) is 0 Å². The highest BCUT2D eigenvalue weighted by Gasteiger charge is 2.33. The maximum atomic E-state index is 13.3. The Morgan fingerprint density at radius 2 is 2.06 bits per heavy atom. The average molecular weight is 449 g/mol. The second-order valence-electron chi connectivity index (χ2n) is 7.55. The van der Waals surface area contributed by atoms with Crippen LogP contribution < -0.4 is 9.47 Å². The van der Waals surface area contributed by atoms with Crippen LogP contribution in [-0.2, 0) is 16.0 Å². The molecule has 1 N–H and O–H groups in total. The van der Waals surface area contributed by atoms with Crippen LogP contribution in [0.4, 0.5) is 0 Å². The lowest BCUT2D eigenvalue weighted by molar-refractivity contribution is -0.136. The number of rotatable bonds is 11. The zero-order valence-electron chi connectivity index (χ0n) is 18.5. The van der Waals surface area contributed by atoms with E-state index < -0.39 is 6.10 Å². The topological polar surface area (TPSA) is 71.5 Å². The van der Waals surface area contributed by atoms with E-state index in [1.165, 1.54) is 4.88 Å². The van der Waals surface area contributed by atoms with E-state index in [1.54, 1.807) is 25.6 Å². The van der Waals surface area contributed by atoms with E-state index in [0.717, 1.165) is 12.0 Å². The van der Waals surface area contributed by atoms with Crippen LogP contribution in [-0.4, -0.2) is 80.5 Å². The fourth-order valence-electron chi connectivity index (χ4n) is 3.91. The van der Waals surface area contributed by atoms with Gasteiger partial charge in [-0.25, -0.2) is 0 Å². The SMILES string of the molecule is CCN(CC(=O)N1CCc2sccc2[C@H]1COc1ccccc1OC)C[C@H](O)COC. The minimum absolute atomic E-state index is 0.0388. The number of likely N-dealkylation sites (N-methyl/N-ethyl adjacent to an activating group) is 1. The van der Waals surface area contributed by atoms with Crippen LogP contribution >= 0.6 is 11.3 Å². The number of thiophene rings is 1. The van der Waals surface area contributed by atoms with Crippen molar-refractivity contribution in [1.29, 1.82) is 0 Å². The van der Waals surface area contributed by atoms with Crippen molar-refractivity contribution in [3.05, 3.63) is 46.2 Å². The molecule has 31 heavy (non-hydrogen) atoms. The van der Waals surface area contributed by atoms with Crippen molar-refractivity contribution < 1.29 is 24.1 Å². The van der Waals surface area contributed by atoms with E-state index in [-0.39, 0.29) is 25.1 Å². The van der Waals surface area contributed by atoms with E-state index in [0.29, 0.717) is 37.7 Å². The van der Waals surface area contributed by atoms with Gasteiger partial charge in [-0.15, -0.1) is 11.3 Å². The number of fused-ring (bicyclic) bond motifs is 1. The van der Waals surface area contributed by atoms with Crippen molar-refractivity contribution in [2.45, 2.75) is 25.5 Å². The zero-order valence-corrected chi connectivity index (χ0v) is 19.3. The lowest BCUT2D eigenvalue weighted by Gasteiger charge is -2.37. The lowest BCUT2D eigenvalue weighted by atomic mass is 10.0. The molecule has 170 valence electrons. The molecular weight excluding hydrogens is 416 g/mol. The average Bonchev–Trinajstić information content (AvgIpc) is 3.26. The highest BCUT2D eigenvalue weighted by Crippen LogP contribution is 2.35. The molecule has 0 bridgehead atoms. The fourth-order valence-corrected chi connectivity index (χ4v) is 4.84. The molecule has 7 nitrogen and oxygen atoms in total. The highest BCUT2D eigenvalue weighted by molar-refractivity contribution is 7.10. The molecular formula is C23H32N2O5S. The Balaban J connectivity index is 1.72. The molecule has 0 fully saturated rings. The third kappa shape index (κ3) is 5.98. The van der Waals surface area contributed by atoms with E-state index >= 15 is 0 Å². The van der Waals surface area contributed by atoms with Crippen molar-refractivity contribution in [3.63, 3.8) is 0 Å². The largest absolute Gasteiger partial charge is 0.493 e. The van der Waals surface area contributed by atoms with Gasteiger partial charge in [-0.05, 0) is 42.1 Å². The van der Waals surface area contributed by atoms with E-state index in [1.807, 2.05) is 41.0 Å². The molecule has 2 heterocycles. The van der Waals surface area contributed by atoms with Gasteiger partial charge in [-0.3, -0.25) is 9.69 Å². The quantitative estimate of drug-likeness (QED) is 0.570. The second kappa shape index (κ2) is 11.5. The summed E-state index contributed by atoms with van der Waals surface area (Å²) in [6.07, 6.45) is 0.231. The van der Waals surface area contributed by atoms with Crippen molar-refractivity contribution >= 4 is 17.2 Å². The fraction of sp³-hybridized carbons (Fsp3) is 0.522. The number of hydrogen-bond donors (Lipinski definition) is 1. The van der Waals surface area contributed by atoms with Gasteiger partial charge in [0.25, 0.3) is 0 Å². The summed E-state index contributed by atoms with van der Waals surface area (Å²) in [5, 5.41) is 12.1. The summed E-state index contributed by atoms with van der Waals surface area (Å²) in [7, 11) is 3.18. The van der Waals surface area contributed by atoms with Crippen molar-refractivity contribution in [2.75, 3.05) is 53.6 Å². The minimum atomic E-state index is -0.618. The molecule has 1 aliphatic heterocycles. The number of aliphatic hydroxyl groups is 1.